The molecular weight excluding hydrogens is 286 g/mol. The molecule has 1 aliphatic rings. The highest BCUT2D eigenvalue weighted by Crippen LogP contribution is 2.35. The quantitative estimate of drug-likeness (QED) is 0.778. The number of methoxy groups -OCH3 is 3. The monoisotopic (exact) mass is 307 g/mol. The van der Waals surface area contributed by atoms with E-state index in [0.717, 1.165) is 5.56 Å². The molecule has 1 aliphatic heterocycles. The summed E-state index contributed by atoms with van der Waals surface area (Å²) >= 11 is 0. The first-order valence-electron chi connectivity index (χ1n) is 7.14. The SMILES string of the molecule is COC(=O)C1CCC(=O)N1C(C)c1ccc(OC)c(OC)c1. The van der Waals surface area contributed by atoms with Crippen LogP contribution in [0.2, 0.25) is 0 Å². The Labute approximate surface area is 129 Å². The van der Waals surface area contributed by atoms with E-state index >= 15 is 0 Å². The Morgan fingerprint density at radius 1 is 1.23 bits per heavy atom. The van der Waals surface area contributed by atoms with E-state index in [4.69, 9.17) is 14.2 Å². The summed E-state index contributed by atoms with van der Waals surface area (Å²) in [4.78, 5) is 25.6. The maximum atomic E-state index is 12.2. The fourth-order valence-electron chi connectivity index (χ4n) is 2.83. The normalized spacial score (nSPS) is 19.0. The number of nitrogens with zero attached hydrogens (tertiary/aromatic N) is 1. The number of hydrogen-bond acceptors (Lipinski definition) is 5. The van der Waals surface area contributed by atoms with E-state index in [0.29, 0.717) is 24.3 Å². The Hall–Kier alpha value is -2.24. The second-order valence-corrected chi connectivity index (χ2v) is 5.17. The Morgan fingerprint density at radius 2 is 1.91 bits per heavy atom. The molecule has 0 saturated carbocycles. The number of esters is 1. The zero-order chi connectivity index (χ0) is 16.3. The van der Waals surface area contributed by atoms with Crippen molar-refractivity contribution < 1.29 is 23.8 Å². The van der Waals surface area contributed by atoms with E-state index in [1.165, 1.54) is 7.11 Å². The first-order chi connectivity index (χ1) is 10.5. The Kier molecular flexibility index (Phi) is 4.90. The second kappa shape index (κ2) is 6.68. The van der Waals surface area contributed by atoms with Crippen LogP contribution in [0.15, 0.2) is 18.2 Å². The molecular formula is C16H21NO5. The molecule has 0 radical (unpaired) electrons. The number of carbonyl (C=O) groups excluding carboxylic acids is 2. The summed E-state index contributed by atoms with van der Waals surface area (Å²) in [7, 11) is 4.47. The highest BCUT2D eigenvalue weighted by Gasteiger charge is 2.40. The molecule has 1 heterocycles. The maximum Gasteiger partial charge on any atom is 0.328 e. The van der Waals surface area contributed by atoms with E-state index in [1.54, 1.807) is 25.2 Å². The van der Waals surface area contributed by atoms with Crippen molar-refractivity contribution in [3.8, 4) is 11.5 Å². The molecule has 1 aromatic carbocycles. The summed E-state index contributed by atoms with van der Waals surface area (Å²) in [6.45, 7) is 1.89. The molecule has 0 aliphatic carbocycles. The van der Waals surface area contributed by atoms with E-state index in [1.807, 2.05) is 19.1 Å². The lowest BCUT2D eigenvalue weighted by atomic mass is 10.0. The minimum absolute atomic E-state index is 0.0438. The van der Waals surface area contributed by atoms with Gasteiger partial charge in [-0.3, -0.25) is 4.79 Å². The number of hydrogen-bond donors (Lipinski definition) is 0. The Bertz CT molecular complexity index is 572. The number of amides is 1. The van der Waals surface area contributed by atoms with Gasteiger partial charge in [0.25, 0.3) is 0 Å². The van der Waals surface area contributed by atoms with Crippen molar-refractivity contribution in [2.75, 3.05) is 21.3 Å². The molecule has 6 nitrogen and oxygen atoms in total. The second-order valence-electron chi connectivity index (χ2n) is 5.17. The van der Waals surface area contributed by atoms with Gasteiger partial charge in [-0.15, -0.1) is 0 Å². The molecule has 22 heavy (non-hydrogen) atoms. The molecule has 0 bridgehead atoms. The summed E-state index contributed by atoms with van der Waals surface area (Å²) in [6.07, 6.45) is 0.848. The summed E-state index contributed by atoms with van der Waals surface area (Å²) < 4.78 is 15.3. The van der Waals surface area contributed by atoms with Gasteiger partial charge in [0.2, 0.25) is 5.91 Å². The fraction of sp³-hybridized carbons (Fsp3) is 0.500. The lowest BCUT2D eigenvalue weighted by Crippen LogP contribution is -2.40. The van der Waals surface area contributed by atoms with E-state index in [9.17, 15) is 9.59 Å². The molecule has 1 saturated heterocycles. The zero-order valence-electron chi connectivity index (χ0n) is 13.3. The highest BCUT2D eigenvalue weighted by atomic mass is 16.5. The van der Waals surface area contributed by atoms with Gasteiger partial charge >= 0.3 is 5.97 Å². The average molecular weight is 307 g/mol. The van der Waals surface area contributed by atoms with Gasteiger partial charge in [0.1, 0.15) is 6.04 Å². The van der Waals surface area contributed by atoms with Crippen molar-refractivity contribution in [3.05, 3.63) is 23.8 Å². The topological polar surface area (TPSA) is 65.1 Å². The molecule has 6 heteroatoms. The number of benzene rings is 1. The number of rotatable bonds is 5. The molecule has 2 unspecified atom stereocenters. The van der Waals surface area contributed by atoms with E-state index in [2.05, 4.69) is 0 Å². The van der Waals surface area contributed by atoms with Gasteiger partial charge in [0, 0.05) is 6.42 Å². The van der Waals surface area contributed by atoms with Crippen molar-refractivity contribution in [2.24, 2.45) is 0 Å². The summed E-state index contributed by atoms with van der Waals surface area (Å²) in [5.74, 6) is 0.791. The average Bonchev–Trinajstić information content (AvgIpc) is 2.94. The largest absolute Gasteiger partial charge is 0.493 e. The molecule has 0 N–H and O–H groups in total. The van der Waals surface area contributed by atoms with Crippen LogP contribution in [0.25, 0.3) is 0 Å². The third-order valence-corrected chi connectivity index (χ3v) is 4.04. The summed E-state index contributed by atoms with van der Waals surface area (Å²) in [6, 6.07) is 4.70. The van der Waals surface area contributed by atoms with Crippen molar-refractivity contribution in [3.63, 3.8) is 0 Å². The van der Waals surface area contributed by atoms with Gasteiger partial charge in [-0.2, -0.15) is 0 Å². The predicted molar refractivity (Wildman–Crippen MR) is 79.8 cm³/mol. The number of likely N-dealkylation sites (tertiary alicyclic amines) is 1. The van der Waals surface area contributed by atoms with Crippen LogP contribution in [0, 0.1) is 0 Å². The minimum Gasteiger partial charge on any atom is -0.493 e. The smallest absolute Gasteiger partial charge is 0.328 e. The highest BCUT2D eigenvalue weighted by molar-refractivity contribution is 5.88. The van der Waals surface area contributed by atoms with Crippen LogP contribution in [0.5, 0.6) is 11.5 Å². The third-order valence-electron chi connectivity index (χ3n) is 4.04. The van der Waals surface area contributed by atoms with Crippen LogP contribution >= 0.6 is 0 Å². The van der Waals surface area contributed by atoms with Crippen LogP contribution in [0.1, 0.15) is 31.4 Å². The van der Waals surface area contributed by atoms with Crippen LogP contribution in [0.4, 0.5) is 0 Å². The summed E-state index contributed by atoms with van der Waals surface area (Å²) in [5.41, 5.74) is 0.877. The lowest BCUT2D eigenvalue weighted by molar-refractivity contribution is -0.150. The molecule has 120 valence electrons. The number of ether oxygens (including phenoxy) is 3. The molecule has 2 atom stereocenters. The third kappa shape index (κ3) is 2.86. The maximum absolute atomic E-state index is 12.2. The summed E-state index contributed by atoms with van der Waals surface area (Å²) in [5, 5.41) is 0. The van der Waals surface area contributed by atoms with E-state index in [-0.39, 0.29) is 17.9 Å². The molecule has 1 aromatic rings. The van der Waals surface area contributed by atoms with Crippen LogP contribution < -0.4 is 9.47 Å². The minimum atomic E-state index is -0.527. The first kappa shape index (κ1) is 16.1. The van der Waals surface area contributed by atoms with Crippen molar-refractivity contribution >= 4 is 11.9 Å². The van der Waals surface area contributed by atoms with Crippen molar-refractivity contribution in [1.82, 2.24) is 4.90 Å². The van der Waals surface area contributed by atoms with Gasteiger partial charge in [-0.25, -0.2) is 4.79 Å². The molecule has 2 rings (SSSR count). The Morgan fingerprint density at radius 3 is 2.50 bits per heavy atom. The zero-order valence-corrected chi connectivity index (χ0v) is 13.3. The molecule has 0 aromatic heterocycles. The lowest BCUT2D eigenvalue weighted by Gasteiger charge is -2.30. The van der Waals surface area contributed by atoms with Crippen molar-refractivity contribution in [2.45, 2.75) is 31.8 Å². The standard InChI is InChI=1S/C16H21NO5/c1-10(11-5-7-13(20-2)14(9-11)21-3)17-12(16(19)22-4)6-8-15(17)18/h5,7,9-10,12H,6,8H2,1-4H3. The van der Waals surface area contributed by atoms with Gasteiger partial charge in [-0.1, -0.05) is 6.07 Å². The van der Waals surface area contributed by atoms with E-state index < -0.39 is 6.04 Å². The van der Waals surface area contributed by atoms with Crippen molar-refractivity contribution in [1.29, 1.82) is 0 Å². The van der Waals surface area contributed by atoms with Crippen LogP contribution in [-0.2, 0) is 14.3 Å². The predicted octanol–water partition coefficient (Wildman–Crippen LogP) is 1.93. The van der Waals surface area contributed by atoms with Gasteiger partial charge in [0.15, 0.2) is 11.5 Å². The molecule has 1 fully saturated rings. The number of carbonyl (C=O) groups is 2. The van der Waals surface area contributed by atoms with Gasteiger partial charge in [-0.05, 0) is 31.0 Å². The van der Waals surface area contributed by atoms with Crippen LogP contribution in [0.3, 0.4) is 0 Å². The van der Waals surface area contributed by atoms with Crippen LogP contribution in [-0.4, -0.2) is 44.1 Å². The first-order valence-corrected chi connectivity index (χ1v) is 7.14. The molecule has 1 amide bonds. The van der Waals surface area contributed by atoms with Gasteiger partial charge < -0.3 is 19.1 Å². The fourth-order valence-corrected chi connectivity index (χ4v) is 2.83. The Balaban J connectivity index is 2.31. The molecule has 0 spiro atoms. The van der Waals surface area contributed by atoms with Gasteiger partial charge in [0.05, 0.1) is 27.4 Å².